The molecule has 0 unspecified atom stereocenters. The van der Waals surface area contributed by atoms with E-state index in [2.05, 4.69) is 19.2 Å². The number of carbonyl (C=O) groups is 1. The highest BCUT2D eigenvalue weighted by Crippen LogP contribution is 2.11. The molecular weight excluding hydrogens is 178 g/mol. The minimum Gasteiger partial charge on any atom is -0.450 e. The van der Waals surface area contributed by atoms with Crippen molar-refractivity contribution in [2.45, 2.75) is 46.5 Å². The molecule has 0 heterocycles. The number of hydrogen-bond acceptors (Lipinski definition) is 2. The molecule has 0 aliphatic heterocycles. The molecular formula is C11H23NO2. The van der Waals surface area contributed by atoms with Crippen LogP contribution in [0.5, 0.6) is 0 Å². The molecule has 0 saturated carbocycles. The van der Waals surface area contributed by atoms with Gasteiger partial charge in [-0.3, -0.25) is 0 Å². The molecule has 84 valence electrons. The van der Waals surface area contributed by atoms with Gasteiger partial charge in [0.2, 0.25) is 0 Å². The van der Waals surface area contributed by atoms with Gasteiger partial charge in [0.25, 0.3) is 0 Å². The summed E-state index contributed by atoms with van der Waals surface area (Å²) < 4.78 is 4.80. The predicted molar refractivity (Wildman–Crippen MR) is 58.3 cm³/mol. The van der Waals surface area contributed by atoms with Crippen molar-refractivity contribution in [1.29, 1.82) is 0 Å². The second-order valence-corrected chi connectivity index (χ2v) is 3.54. The molecule has 0 spiro atoms. The van der Waals surface area contributed by atoms with E-state index < -0.39 is 0 Å². The first-order valence-electron chi connectivity index (χ1n) is 5.65. The average Bonchev–Trinajstić information content (AvgIpc) is 2.15. The van der Waals surface area contributed by atoms with Crippen molar-refractivity contribution in [3.05, 3.63) is 0 Å². The first kappa shape index (κ1) is 13.3. The van der Waals surface area contributed by atoms with Gasteiger partial charge in [-0.05, 0) is 25.7 Å². The molecule has 0 rings (SSSR count). The zero-order valence-corrected chi connectivity index (χ0v) is 9.64. The lowest BCUT2D eigenvalue weighted by Crippen LogP contribution is -2.29. The van der Waals surface area contributed by atoms with Crippen LogP contribution in [0, 0.1) is 5.92 Å². The monoisotopic (exact) mass is 201 g/mol. The van der Waals surface area contributed by atoms with Gasteiger partial charge in [0.05, 0.1) is 6.61 Å². The number of rotatable bonds is 7. The number of amides is 1. The number of nitrogens with one attached hydrogen (secondary N) is 1. The van der Waals surface area contributed by atoms with Crippen LogP contribution in [0.4, 0.5) is 4.79 Å². The van der Waals surface area contributed by atoms with Gasteiger partial charge in [0.1, 0.15) is 0 Å². The molecule has 0 bridgehead atoms. The third kappa shape index (κ3) is 6.75. The standard InChI is InChI=1S/C11H23NO2/c1-4-7-10(8-5-2)9-12-11(13)14-6-3/h10H,4-9H2,1-3H3,(H,12,13). The summed E-state index contributed by atoms with van der Waals surface area (Å²) in [6, 6.07) is 0. The van der Waals surface area contributed by atoms with E-state index in [0.29, 0.717) is 12.5 Å². The summed E-state index contributed by atoms with van der Waals surface area (Å²) in [5.41, 5.74) is 0. The maximum absolute atomic E-state index is 11.0. The molecule has 0 aromatic rings. The Bertz CT molecular complexity index is 142. The van der Waals surface area contributed by atoms with Gasteiger partial charge in [0, 0.05) is 6.54 Å². The molecule has 0 aliphatic rings. The average molecular weight is 201 g/mol. The topological polar surface area (TPSA) is 38.3 Å². The Morgan fingerprint density at radius 2 is 1.79 bits per heavy atom. The maximum Gasteiger partial charge on any atom is 0.407 e. The fourth-order valence-corrected chi connectivity index (χ4v) is 1.57. The van der Waals surface area contributed by atoms with E-state index >= 15 is 0 Å². The first-order chi connectivity index (χ1) is 6.74. The highest BCUT2D eigenvalue weighted by molar-refractivity contribution is 5.66. The molecule has 0 atom stereocenters. The Kier molecular flexibility index (Phi) is 8.39. The summed E-state index contributed by atoms with van der Waals surface area (Å²) in [4.78, 5) is 11.0. The van der Waals surface area contributed by atoms with Crippen molar-refractivity contribution in [3.63, 3.8) is 0 Å². The highest BCUT2D eigenvalue weighted by Gasteiger charge is 2.08. The Morgan fingerprint density at radius 1 is 1.21 bits per heavy atom. The normalized spacial score (nSPS) is 10.3. The summed E-state index contributed by atoms with van der Waals surface area (Å²) in [5, 5.41) is 2.79. The van der Waals surface area contributed by atoms with Gasteiger partial charge >= 0.3 is 6.09 Å². The van der Waals surface area contributed by atoms with E-state index in [4.69, 9.17) is 4.74 Å². The van der Waals surface area contributed by atoms with E-state index in [0.717, 1.165) is 6.54 Å². The molecule has 0 aliphatic carbocycles. The lowest BCUT2D eigenvalue weighted by Gasteiger charge is -2.15. The van der Waals surface area contributed by atoms with Gasteiger partial charge < -0.3 is 10.1 Å². The molecule has 14 heavy (non-hydrogen) atoms. The predicted octanol–water partition coefficient (Wildman–Crippen LogP) is 2.95. The molecule has 1 amide bonds. The second kappa shape index (κ2) is 8.85. The molecule has 3 nitrogen and oxygen atoms in total. The largest absolute Gasteiger partial charge is 0.450 e. The zero-order chi connectivity index (χ0) is 10.8. The summed E-state index contributed by atoms with van der Waals surface area (Å²) >= 11 is 0. The third-order valence-electron chi connectivity index (χ3n) is 2.20. The van der Waals surface area contributed by atoms with Gasteiger partial charge in [-0.15, -0.1) is 0 Å². The van der Waals surface area contributed by atoms with Gasteiger partial charge in [-0.2, -0.15) is 0 Å². The zero-order valence-electron chi connectivity index (χ0n) is 9.64. The number of carbonyl (C=O) groups excluding carboxylic acids is 1. The lowest BCUT2D eigenvalue weighted by atomic mass is 9.98. The second-order valence-electron chi connectivity index (χ2n) is 3.54. The van der Waals surface area contributed by atoms with Crippen molar-refractivity contribution in [2.24, 2.45) is 5.92 Å². The Morgan fingerprint density at radius 3 is 2.21 bits per heavy atom. The Labute approximate surface area is 87.2 Å². The first-order valence-corrected chi connectivity index (χ1v) is 5.65. The molecule has 1 N–H and O–H groups in total. The van der Waals surface area contributed by atoms with Crippen molar-refractivity contribution in [2.75, 3.05) is 13.2 Å². The van der Waals surface area contributed by atoms with Crippen molar-refractivity contribution in [3.8, 4) is 0 Å². The van der Waals surface area contributed by atoms with Crippen molar-refractivity contribution < 1.29 is 9.53 Å². The van der Waals surface area contributed by atoms with Crippen LogP contribution >= 0.6 is 0 Å². The minimum absolute atomic E-state index is 0.287. The van der Waals surface area contributed by atoms with Gasteiger partial charge in [-0.25, -0.2) is 4.79 Å². The van der Waals surface area contributed by atoms with Crippen LogP contribution in [0.25, 0.3) is 0 Å². The molecule has 0 radical (unpaired) electrons. The van der Waals surface area contributed by atoms with E-state index in [-0.39, 0.29) is 6.09 Å². The van der Waals surface area contributed by atoms with Crippen molar-refractivity contribution >= 4 is 6.09 Å². The van der Waals surface area contributed by atoms with E-state index in [1.54, 1.807) is 0 Å². The summed E-state index contributed by atoms with van der Waals surface area (Å²) in [7, 11) is 0. The lowest BCUT2D eigenvalue weighted by molar-refractivity contribution is 0.150. The maximum atomic E-state index is 11.0. The van der Waals surface area contributed by atoms with Crippen molar-refractivity contribution in [1.82, 2.24) is 5.32 Å². The highest BCUT2D eigenvalue weighted by atomic mass is 16.5. The van der Waals surface area contributed by atoms with Crippen LogP contribution in [-0.4, -0.2) is 19.2 Å². The third-order valence-corrected chi connectivity index (χ3v) is 2.20. The van der Waals surface area contributed by atoms with Crippen LogP contribution in [0.2, 0.25) is 0 Å². The number of alkyl carbamates (subject to hydrolysis) is 1. The SMILES string of the molecule is CCCC(CCC)CNC(=O)OCC. The van der Waals surface area contributed by atoms with E-state index in [9.17, 15) is 4.79 Å². The van der Waals surface area contributed by atoms with Crippen LogP contribution in [0.15, 0.2) is 0 Å². The van der Waals surface area contributed by atoms with E-state index in [1.807, 2.05) is 6.92 Å². The minimum atomic E-state index is -0.287. The van der Waals surface area contributed by atoms with Crippen LogP contribution in [0.3, 0.4) is 0 Å². The fraction of sp³-hybridized carbons (Fsp3) is 0.909. The summed E-state index contributed by atoms with van der Waals surface area (Å²) in [6.45, 7) is 7.35. The molecule has 0 fully saturated rings. The fourth-order valence-electron chi connectivity index (χ4n) is 1.57. The van der Waals surface area contributed by atoms with Gasteiger partial charge in [0.15, 0.2) is 0 Å². The number of ether oxygens (including phenoxy) is 1. The Hall–Kier alpha value is -0.730. The molecule has 0 aromatic heterocycles. The summed E-state index contributed by atoms with van der Waals surface area (Å²) in [5.74, 6) is 0.606. The quantitative estimate of drug-likeness (QED) is 0.687. The number of hydrogen-bond donors (Lipinski definition) is 1. The Balaban J connectivity index is 3.63. The van der Waals surface area contributed by atoms with Crippen LogP contribution < -0.4 is 5.32 Å². The summed E-state index contributed by atoms with van der Waals surface area (Å²) in [6.07, 6.45) is 4.43. The van der Waals surface area contributed by atoms with Crippen LogP contribution in [0.1, 0.15) is 46.5 Å². The van der Waals surface area contributed by atoms with E-state index in [1.165, 1.54) is 25.7 Å². The smallest absolute Gasteiger partial charge is 0.407 e. The molecule has 3 heteroatoms. The molecule has 0 aromatic carbocycles. The van der Waals surface area contributed by atoms with Crippen LogP contribution in [-0.2, 0) is 4.74 Å². The molecule has 0 saturated heterocycles. The van der Waals surface area contributed by atoms with Gasteiger partial charge in [-0.1, -0.05) is 26.7 Å².